The molecule has 0 saturated carbocycles. The van der Waals surface area contributed by atoms with Gasteiger partial charge < -0.3 is 39.4 Å². The Kier molecular flexibility index (Phi) is 10.3. The average Bonchev–Trinajstić information content (AvgIpc) is 3.39. The smallest absolute Gasteiger partial charge is 0.414 e. The van der Waals surface area contributed by atoms with Gasteiger partial charge in [0.05, 0.1) is 18.3 Å². The number of fused-ring (bicyclic) bond motifs is 1. The molecule has 1 aliphatic rings. The Morgan fingerprint density at radius 3 is 2.56 bits per heavy atom. The Morgan fingerprint density at radius 1 is 1.26 bits per heavy atom. The van der Waals surface area contributed by atoms with Crippen LogP contribution in [-0.4, -0.2) is 82.9 Å². The van der Waals surface area contributed by atoms with Crippen LogP contribution in [0, 0.1) is 6.92 Å². The zero-order valence-electron chi connectivity index (χ0n) is 19.6. The summed E-state index contributed by atoms with van der Waals surface area (Å²) in [6.07, 6.45) is 1.80. The summed E-state index contributed by atoms with van der Waals surface area (Å²) in [7, 11) is 1.92. The number of carboxylic acids is 2. The van der Waals surface area contributed by atoms with E-state index in [1.165, 1.54) is 0 Å². The number of ether oxygens (including phenoxy) is 3. The molecule has 2 aromatic rings. The van der Waals surface area contributed by atoms with E-state index in [-0.39, 0.29) is 18.7 Å². The largest absolute Gasteiger partial charge is 0.491 e. The van der Waals surface area contributed by atoms with Crippen LogP contribution >= 0.6 is 0 Å². The fourth-order valence-corrected chi connectivity index (χ4v) is 3.57. The summed E-state index contributed by atoms with van der Waals surface area (Å²) in [5, 5.41) is 29.0. The van der Waals surface area contributed by atoms with Gasteiger partial charge >= 0.3 is 17.9 Å². The number of benzene rings is 1. The van der Waals surface area contributed by atoms with E-state index in [1.807, 2.05) is 36.7 Å². The molecule has 1 fully saturated rings. The third-order valence-electron chi connectivity index (χ3n) is 5.34. The van der Waals surface area contributed by atoms with Crippen molar-refractivity contribution in [3.05, 3.63) is 29.5 Å². The van der Waals surface area contributed by atoms with Crippen molar-refractivity contribution in [1.82, 2.24) is 9.88 Å². The van der Waals surface area contributed by atoms with Gasteiger partial charge in [-0.05, 0) is 44.9 Å². The van der Waals surface area contributed by atoms with Gasteiger partial charge in [0.15, 0.2) is 0 Å². The molecule has 0 aliphatic carbocycles. The van der Waals surface area contributed by atoms with Crippen molar-refractivity contribution in [2.24, 2.45) is 7.05 Å². The van der Waals surface area contributed by atoms with Crippen LogP contribution in [0.15, 0.2) is 18.2 Å². The van der Waals surface area contributed by atoms with Crippen LogP contribution < -0.4 is 10.1 Å². The molecule has 1 aromatic carbocycles. The second-order valence-electron chi connectivity index (χ2n) is 7.79. The van der Waals surface area contributed by atoms with Gasteiger partial charge in [0.1, 0.15) is 18.5 Å². The zero-order valence-corrected chi connectivity index (χ0v) is 19.6. The maximum Gasteiger partial charge on any atom is 0.414 e. The molecule has 188 valence electrons. The minimum Gasteiger partial charge on any atom is -0.491 e. The normalized spacial score (nSPS) is 15.9. The fourth-order valence-electron chi connectivity index (χ4n) is 3.57. The highest BCUT2D eigenvalue weighted by molar-refractivity contribution is 6.27. The standard InChI is InChI=1S/C21H30N2O5.C2H2O4/c1-4-26-21(25)20-14(2)23(3)19-8-7-16(10-18(19)20)28-13-15(24)11-22-12-17-6-5-9-27-17;3-1(4)2(5)6/h7-8,10,15,17,22,24H,4-6,9,11-13H2,1-3H3;(H,3,4)(H,5,6). The van der Waals surface area contributed by atoms with Gasteiger partial charge in [-0.3, -0.25) is 0 Å². The number of nitrogens with one attached hydrogen (secondary N) is 1. The van der Waals surface area contributed by atoms with Gasteiger partial charge in [-0.15, -0.1) is 0 Å². The first-order valence-electron chi connectivity index (χ1n) is 11.0. The first kappa shape index (κ1) is 27.1. The van der Waals surface area contributed by atoms with Crippen LogP contribution in [0.2, 0.25) is 0 Å². The van der Waals surface area contributed by atoms with E-state index in [1.54, 1.807) is 6.92 Å². The summed E-state index contributed by atoms with van der Waals surface area (Å²) in [5.41, 5.74) is 2.35. The Bertz CT molecular complexity index is 984. The Morgan fingerprint density at radius 2 is 1.97 bits per heavy atom. The van der Waals surface area contributed by atoms with Gasteiger partial charge in [-0.25, -0.2) is 14.4 Å². The number of aromatic nitrogens is 1. The second kappa shape index (κ2) is 12.9. The highest BCUT2D eigenvalue weighted by Gasteiger charge is 2.20. The number of rotatable bonds is 9. The Hall–Kier alpha value is -3.15. The van der Waals surface area contributed by atoms with Gasteiger partial charge in [0.2, 0.25) is 0 Å². The lowest BCUT2D eigenvalue weighted by molar-refractivity contribution is -0.159. The molecule has 0 spiro atoms. The molecule has 4 N–H and O–H groups in total. The lowest BCUT2D eigenvalue weighted by Crippen LogP contribution is -2.35. The quantitative estimate of drug-likeness (QED) is 0.305. The molecule has 2 unspecified atom stereocenters. The molecule has 0 radical (unpaired) electrons. The molecule has 34 heavy (non-hydrogen) atoms. The van der Waals surface area contributed by atoms with E-state index in [4.69, 9.17) is 34.0 Å². The number of esters is 1. The number of aliphatic hydroxyl groups is 1. The van der Waals surface area contributed by atoms with Crippen LogP contribution in [0.25, 0.3) is 10.9 Å². The number of hydrogen-bond donors (Lipinski definition) is 4. The summed E-state index contributed by atoms with van der Waals surface area (Å²) in [4.78, 5) is 30.6. The molecule has 1 aliphatic heterocycles. The summed E-state index contributed by atoms with van der Waals surface area (Å²) >= 11 is 0. The number of carbonyl (C=O) groups excluding carboxylic acids is 1. The molecule has 11 nitrogen and oxygen atoms in total. The summed E-state index contributed by atoms with van der Waals surface area (Å²) in [5.74, 6) is -3.37. The summed E-state index contributed by atoms with van der Waals surface area (Å²) in [6, 6.07) is 5.60. The fraction of sp³-hybridized carbons (Fsp3) is 0.522. The van der Waals surface area contributed by atoms with Crippen LogP contribution in [0.4, 0.5) is 0 Å². The van der Waals surface area contributed by atoms with Crippen LogP contribution in [0.5, 0.6) is 5.75 Å². The lowest BCUT2D eigenvalue weighted by atomic mass is 10.1. The predicted molar refractivity (Wildman–Crippen MR) is 122 cm³/mol. The van der Waals surface area contributed by atoms with E-state index >= 15 is 0 Å². The number of aliphatic carboxylic acids is 2. The third-order valence-corrected chi connectivity index (χ3v) is 5.34. The van der Waals surface area contributed by atoms with Crippen molar-refractivity contribution in [3.8, 4) is 5.75 Å². The summed E-state index contributed by atoms with van der Waals surface area (Å²) < 4.78 is 18.5. The number of aliphatic hydroxyl groups excluding tert-OH is 1. The van der Waals surface area contributed by atoms with Gasteiger partial charge in [0.25, 0.3) is 0 Å². The van der Waals surface area contributed by atoms with Gasteiger partial charge in [0, 0.05) is 43.3 Å². The highest BCUT2D eigenvalue weighted by atomic mass is 16.5. The number of hydrogen-bond acceptors (Lipinski definition) is 8. The van der Waals surface area contributed by atoms with Crippen molar-refractivity contribution >= 4 is 28.8 Å². The maximum atomic E-state index is 12.4. The van der Waals surface area contributed by atoms with Gasteiger partial charge in [-0.1, -0.05) is 0 Å². The minimum absolute atomic E-state index is 0.171. The minimum atomic E-state index is -1.82. The molecule has 0 bridgehead atoms. The molecule has 0 amide bonds. The van der Waals surface area contributed by atoms with Crippen LogP contribution in [0.3, 0.4) is 0 Å². The number of carboxylic acid groups (broad SMARTS) is 2. The molecule has 2 atom stereocenters. The van der Waals surface area contributed by atoms with Crippen molar-refractivity contribution in [2.75, 3.05) is 32.9 Å². The zero-order chi connectivity index (χ0) is 25.3. The summed E-state index contributed by atoms with van der Waals surface area (Å²) in [6.45, 7) is 6.21. The van der Waals surface area contributed by atoms with E-state index in [9.17, 15) is 9.90 Å². The topological polar surface area (TPSA) is 157 Å². The Labute approximate surface area is 197 Å². The van der Waals surface area contributed by atoms with E-state index in [0.29, 0.717) is 24.5 Å². The molecule has 1 aromatic heterocycles. The Balaban J connectivity index is 0.000000604. The maximum absolute atomic E-state index is 12.4. The van der Waals surface area contributed by atoms with Crippen molar-refractivity contribution in [2.45, 2.75) is 38.9 Å². The molecular formula is C23H32N2O9. The number of carbonyl (C=O) groups is 3. The monoisotopic (exact) mass is 480 g/mol. The van der Waals surface area contributed by atoms with Crippen molar-refractivity contribution < 1.29 is 43.9 Å². The van der Waals surface area contributed by atoms with Crippen molar-refractivity contribution in [1.29, 1.82) is 0 Å². The second-order valence-corrected chi connectivity index (χ2v) is 7.79. The first-order chi connectivity index (χ1) is 16.1. The van der Waals surface area contributed by atoms with Crippen molar-refractivity contribution in [3.63, 3.8) is 0 Å². The van der Waals surface area contributed by atoms with E-state index in [2.05, 4.69) is 5.32 Å². The SMILES string of the molecule is CCOC(=O)c1c(C)n(C)c2ccc(OCC(O)CNCC3CCCO3)cc12.O=C(O)C(=O)O. The van der Waals surface area contributed by atoms with Crippen LogP contribution in [-0.2, 0) is 26.1 Å². The number of nitrogens with zero attached hydrogens (tertiary/aromatic N) is 1. The third kappa shape index (κ3) is 7.44. The average molecular weight is 481 g/mol. The van der Waals surface area contributed by atoms with Crippen LogP contribution in [0.1, 0.15) is 35.8 Å². The molecule has 2 heterocycles. The lowest BCUT2D eigenvalue weighted by Gasteiger charge is -2.15. The van der Waals surface area contributed by atoms with E-state index < -0.39 is 18.0 Å². The van der Waals surface area contributed by atoms with E-state index in [0.717, 1.165) is 42.6 Å². The molecule has 1 saturated heterocycles. The molecule has 11 heteroatoms. The predicted octanol–water partition coefficient (Wildman–Crippen LogP) is 1.33. The number of aryl methyl sites for hydroxylation is 1. The molecule has 3 rings (SSSR count). The highest BCUT2D eigenvalue weighted by Crippen LogP contribution is 2.29. The van der Waals surface area contributed by atoms with Gasteiger partial charge in [-0.2, -0.15) is 0 Å². The molecular weight excluding hydrogens is 448 g/mol. The first-order valence-corrected chi connectivity index (χ1v) is 11.0.